The lowest BCUT2D eigenvalue weighted by Crippen LogP contribution is -2.47. The van der Waals surface area contributed by atoms with E-state index in [0.29, 0.717) is 17.0 Å². The van der Waals surface area contributed by atoms with Crippen LogP contribution in [0.2, 0.25) is 0 Å². The van der Waals surface area contributed by atoms with Crippen LogP contribution in [0.3, 0.4) is 0 Å². The van der Waals surface area contributed by atoms with Crippen LogP contribution in [0.15, 0.2) is 57.9 Å². The molecule has 7 heteroatoms. The smallest absolute Gasteiger partial charge is 0.179 e. The Labute approximate surface area is 162 Å². The van der Waals surface area contributed by atoms with E-state index >= 15 is 0 Å². The van der Waals surface area contributed by atoms with Gasteiger partial charge in [-0.05, 0) is 48.5 Å². The zero-order chi connectivity index (χ0) is 18.6. The summed E-state index contributed by atoms with van der Waals surface area (Å²) in [7, 11) is -3.26. The number of anilines is 1. The maximum absolute atomic E-state index is 12.5. The molecule has 1 saturated heterocycles. The summed E-state index contributed by atoms with van der Waals surface area (Å²) >= 11 is 3.32. The van der Waals surface area contributed by atoms with Gasteiger partial charge in [0.15, 0.2) is 9.84 Å². The monoisotopic (exact) mass is 433 g/mol. The summed E-state index contributed by atoms with van der Waals surface area (Å²) in [6.45, 7) is 3.90. The Morgan fingerprint density at radius 2 is 1.58 bits per heavy atom. The highest BCUT2D eigenvalue weighted by Gasteiger charge is 2.20. The van der Waals surface area contributed by atoms with E-state index in [4.69, 9.17) is 5.26 Å². The second kappa shape index (κ2) is 8.21. The van der Waals surface area contributed by atoms with Crippen molar-refractivity contribution in [2.45, 2.75) is 4.90 Å². The highest BCUT2D eigenvalue weighted by atomic mass is 79.9. The van der Waals surface area contributed by atoms with Crippen molar-refractivity contribution >= 4 is 31.5 Å². The van der Waals surface area contributed by atoms with Crippen LogP contribution in [-0.2, 0) is 9.84 Å². The van der Waals surface area contributed by atoms with Gasteiger partial charge in [0.25, 0.3) is 0 Å². The van der Waals surface area contributed by atoms with E-state index in [1.807, 2.05) is 24.3 Å². The Kier molecular flexibility index (Phi) is 5.97. The molecule has 3 rings (SSSR count). The number of benzene rings is 2. The fourth-order valence-electron chi connectivity index (χ4n) is 2.99. The molecule has 26 heavy (non-hydrogen) atoms. The lowest BCUT2D eigenvalue weighted by atomic mass is 10.2. The first-order valence-corrected chi connectivity index (χ1v) is 10.9. The largest absolute Gasteiger partial charge is 0.369 e. The number of halogens is 1. The third-order valence-corrected chi connectivity index (χ3v) is 6.82. The van der Waals surface area contributed by atoms with Crippen LogP contribution in [0, 0.1) is 11.3 Å². The highest BCUT2D eigenvalue weighted by Crippen LogP contribution is 2.18. The van der Waals surface area contributed by atoms with Gasteiger partial charge in [0.1, 0.15) is 0 Å². The Bertz CT molecular complexity index is 882. The van der Waals surface area contributed by atoms with Gasteiger partial charge in [0.05, 0.1) is 22.3 Å². The Balaban J connectivity index is 1.52. The lowest BCUT2D eigenvalue weighted by molar-refractivity contribution is 0.272. The summed E-state index contributed by atoms with van der Waals surface area (Å²) in [5.41, 5.74) is 1.76. The van der Waals surface area contributed by atoms with Crippen molar-refractivity contribution in [1.29, 1.82) is 5.26 Å². The normalized spacial score (nSPS) is 15.6. The van der Waals surface area contributed by atoms with Gasteiger partial charge in [-0.1, -0.05) is 15.9 Å². The van der Waals surface area contributed by atoms with Gasteiger partial charge in [-0.25, -0.2) is 8.42 Å². The summed E-state index contributed by atoms with van der Waals surface area (Å²) in [6, 6.07) is 16.5. The first kappa shape index (κ1) is 18.9. The molecule has 0 amide bonds. The average molecular weight is 434 g/mol. The summed E-state index contributed by atoms with van der Waals surface area (Å²) in [5, 5.41) is 8.87. The van der Waals surface area contributed by atoms with Crippen LogP contribution in [0.25, 0.3) is 0 Å². The second-order valence-electron chi connectivity index (χ2n) is 6.26. The molecule has 0 N–H and O–H groups in total. The minimum atomic E-state index is -3.26. The molecular formula is C19H20BrN3O2S. The number of hydrogen-bond donors (Lipinski definition) is 0. The van der Waals surface area contributed by atoms with Crippen LogP contribution in [0.1, 0.15) is 5.56 Å². The SMILES string of the molecule is N#Cc1ccc(N2CCN(CCS(=O)(=O)c3ccc(Br)cc3)CC2)cc1. The number of piperazine rings is 1. The van der Waals surface area contributed by atoms with Crippen molar-refractivity contribution in [3.63, 3.8) is 0 Å². The van der Waals surface area contributed by atoms with Gasteiger partial charge in [0, 0.05) is 42.9 Å². The maximum Gasteiger partial charge on any atom is 0.179 e. The first-order valence-electron chi connectivity index (χ1n) is 8.44. The number of nitrogens with zero attached hydrogens (tertiary/aromatic N) is 3. The molecule has 1 heterocycles. The molecule has 0 unspecified atom stereocenters. The van der Waals surface area contributed by atoms with Gasteiger partial charge < -0.3 is 4.90 Å². The standard InChI is InChI=1S/C19H20BrN3O2S/c20-17-3-7-19(8-4-17)26(24,25)14-13-22-9-11-23(12-10-22)18-5-1-16(15-21)2-6-18/h1-8H,9-14H2. The predicted octanol–water partition coefficient (Wildman–Crippen LogP) is 2.92. The number of hydrogen-bond acceptors (Lipinski definition) is 5. The number of rotatable bonds is 5. The fourth-order valence-corrected chi connectivity index (χ4v) is 4.53. The molecule has 0 bridgehead atoms. The van der Waals surface area contributed by atoms with Gasteiger partial charge in [-0.2, -0.15) is 5.26 Å². The van der Waals surface area contributed by atoms with E-state index in [9.17, 15) is 8.42 Å². The molecular weight excluding hydrogens is 414 g/mol. The van der Waals surface area contributed by atoms with E-state index in [1.54, 1.807) is 24.3 Å². The van der Waals surface area contributed by atoms with E-state index < -0.39 is 9.84 Å². The van der Waals surface area contributed by atoms with Crippen LogP contribution < -0.4 is 4.90 Å². The fraction of sp³-hybridized carbons (Fsp3) is 0.316. The van der Waals surface area contributed by atoms with Crippen molar-refractivity contribution in [2.75, 3.05) is 43.4 Å². The van der Waals surface area contributed by atoms with Crippen LogP contribution in [-0.4, -0.2) is 51.8 Å². The van der Waals surface area contributed by atoms with E-state index in [1.165, 1.54) is 0 Å². The van der Waals surface area contributed by atoms with Gasteiger partial charge in [-0.15, -0.1) is 0 Å². The Morgan fingerprint density at radius 3 is 2.15 bits per heavy atom. The van der Waals surface area contributed by atoms with Crippen molar-refractivity contribution in [3.05, 3.63) is 58.6 Å². The van der Waals surface area contributed by atoms with Crippen molar-refractivity contribution < 1.29 is 8.42 Å². The molecule has 1 aliphatic rings. The molecule has 0 atom stereocenters. The molecule has 0 aromatic heterocycles. The zero-order valence-electron chi connectivity index (χ0n) is 14.3. The topological polar surface area (TPSA) is 64.4 Å². The highest BCUT2D eigenvalue weighted by molar-refractivity contribution is 9.10. The summed E-state index contributed by atoms with van der Waals surface area (Å²) in [6.07, 6.45) is 0. The molecule has 2 aromatic carbocycles. The quantitative estimate of drug-likeness (QED) is 0.724. The van der Waals surface area contributed by atoms with E-state index in [0.717, 1.165) is 36.3 Å². The van der Waals surface area contributed by atoms with Crippen LogP contribution in [0.5, 0.6) is 0 Å². The molecule has 5 nitrogen and oxygen atoms in total. The maximum atomic E-state index is 12.5. The third-order valence-electron chi connectivity index (χ3n) is 4.58. The zero-order valence-corrected chi connectivity index (χ0v) is 16.7. The van der Waals surface area contributed by atoms with Crippen LogP contribution in [0.4, 0.5) is 5.69 Å². The molecule has 1 aliphatic heterocycles. The number of nitriles is 1. The molecule has 136 valence electrons. The molecule has 0 aliphatic carbocycles. The summed E-state index contributed by atoms with van der Waals surface area (Å²) in [4.78, 5) is 4.83. The molecule has 2 aromatic rings. The van der Waals surface area contributed by atoms with E-state index in [-0.39, 0.29) is 5.75 Å². The minimum absolute atomic E-state index is 0.130. The second-order valence-corrected chi connectivity index (χ2v) is 9.28. The minimum Gasteiger partial charge on any atom is -0.369 e. The first-order chi connectivity index (χ1) is 12.5. The van der Waals surface area contributed by atoms with Crippen molar-refractivity contribution in [1.82, 2.24) is 4.90 Å². The van der Waals surface area contributed by atoms with E-state index in [2.05, 4.69) is 31.8 Å². The van der Waals surface area contributed by atoms with Gasteiger partial charge >= 0.3 is 0 Å². The Morgan fingerprint density at radius 1 is 0.962 bits per heavy atom. The summed E-state index contributed by atoms with van der Waals surface area (Å²) in [5.74, 6) is 0.130. The van der Waals surface area contributed by atoms with Gasteiger partial charge in [0.2, 0.25) is 0 Å². The molecule has 0 radical (unpaired) electrons. The molecule has 0 spiro atoms. The third kappa shape index (κ3) is 4.64. The lowest BCUT2D eigenvalue weighted by Gasteiger charge is -2.36. The van der Waals surface area contributed by atoms with Crippen molar-refractivity contribution in [2.24, 2.45) is 0 Å². The molecule has 1 fully saturated rings. The number of sulfone groups is 1. The average Bonchev–Trinajstić information content (AvgIpc) is 2.67. The van der Waals surface area contributed by atoms with Gasteiger partial charge in [-0.3, -0.25) is 4.90 Å². The molecule has 0 saturated carbocycles. The Hall–Kier alpha value is -1.88. The van der Waals surface area contributed by atoms with Crippen molar-refractivity contribution in [3.8, 4) is 6.07 Å². The van der Waals surface area contributed by atoms with Crippen LogP contribution >= 0.6 is 15.9 Å². The predicted molar refractivity (Wildman–Crippen MR) is 106 cm³/mol. The summed E-state index contributed by atoms with van der Waals surface area (Å²) < 4.78 is 25.8.